The third-order valence-corrected chi connectivity index (χ3v) is 2.89. The molecule has 0 atom stereocenters. The van der Waals surface area contributed by atoms with Crippen LogP contribution < -0.4 is 0 Å². The van der Waals surface area contributed by atoms with Crippen LogP contribution in [0, 0.1) is 25.5 Å². The lowest BCUT2D eigenvalue weighted by Crippen LogP contribution is -1.97. The maximum atomic E-state index is 14.0. The van der Waals surface area contributed by atoms with E-state index in [1.807, 2.05) is 6.92 Å². The van der Waals surface area contributed by atoms with Gasteiger partial charge in [0.15, 0.2) is 6.29 Å². The Kier molecular flexibility index (Phi) is 3.24. The van der Waals surface area contributed by atoms with Crippen LogP contribution in [0.15, 0.2) is 30.3 Å². The van der Waals surface area contributed by atoms with Crippen molar-refractivity contribution >= 4 is 6.29 Å². The van der Waals surface area contributed by atoms with Gasteiger partial charge in [0.2, 0.25) is 0 Å². The Hall–Kier alpha value is -2.03. The fourth-order valence-electron chi connectivity index (χ4n) is 1.89. The highest BCUT2D eigenvalue weighted by Gasteiger charge is 2.16. The van der Waals surface area contributed by atoms with E-state index in [0.717, 1.165) is 5.56 Å². The van der Waals surface area contributed by atoms with Crippen LogP contribution in [-0.4, -0.2) is 6.29 Å². The number of aryl methyl sites for hydroxylation is 2. The van der Waals surface area contributed by atoms with Gasteiger partial charge in [-0.2, -0.15) is 0 Å². The molecule has 2 rings (SSSR count). The van der Waals surface area contributed by atoms with Crippen LogP contribution in [0.25, 0.3) is 11.1 Å². The van der Waals surface area contributed by atoms with Crippen LogP contribution in [0.1, 0.15) is 21.5 Å². The van der Waals surface area contributed by atoms with Gasteiger partial charge in [0, 0.05) is 5.56 Å². The molecule has 0 unspecified atom stereocenters. The van der Waals surface area contributed by atoms with E-state index in [9.17, 15) is 13.6 Å². The third kappa shape index (κ3) is 2.04. The van der Waals surface area contributed by atoms with E-state index in [1.54, 1.807) is 25.1 Å². The standard InChI is InChI=1S/C15H12F2O/c1-9-3-5-11(8-18)12(7-9)14-13(16)6-4-10(2)15(14)17/h3-8H,1-2H3. The van der Waals surface area contributed by atoms with Crippen LogP contribution >= 0.6 is 0 Å². The van der Waals surface area contributed by atoms with Crippen molar-refractivity contribution in [1.29, 1.82) is 0 Å². The first-order valence-corrected chi connectivity index (χ1v) is 5.55. The molecule has 1 nitrogen and oxygen atoms in total. The lowest BCUT2D eigenvalue weighted by atomic mass is 9.96. The van der Waals surface area contributed by atoms with E-state index in [0.29, 0.717) is 17.4 Å². The first-order valence-electron chi connectivity index (χ1n) is 5.55. The molecule has 3 heteroatoms. The van der Waals surface area contributed by atoms with Crippen molar-refractivity contribution in [2.24, 2.45) is 0 Å². The molecule has 0 amide bonds. The SMILES string of the molecule is Cc1ccc(C=O)c(-c2c(F)ccc(C)c2F)c1. The number of halogens is 2. The quantitative estimate of drug-likeness (QED) is 0.730. The van der Waals surface area contributed by atoms with Crippen molar-refractivity contribution in [3.05, 3.63) is 58.7 Å². The normalized spacial score (nSPS) is 10.4. The fraction of sp³-hybridized carbons (Fsp3) is 0.133. The number of hydrogen-bond acceptors (Lipinski definition) is 1. The second-order valence-electron chi connectivity index (χ2n) is 4.26. The zero-order valence-corrected chi connectivity index (χ0v) is 10.1. The van der Waals surface area contributed by atoms with Crippen molar-refractivity contribution in [2.45, 2.75) is 13.8 Å². The molecule has 0 aliphatic carbocycles. The average Bonchev–Trinajstić information content (AvgIpc) is 2.35. The molecule has 0 aliphatic rings. The van der Waals surface area contributed by atoms with Crippen molar-refractivity contribution in [3.8, 4) is 11.1 Å². The summed E-state index contributed by atoms with van der Waals surface area (Å²) >= 11 is 0. The second kappa shape index (κ2) is 4.69. The first kappa shape index (κ1) is 12.4. The molecule has 2 aromatic rings. The van der Waals surface area contributed by atoms with E-state index in [2.05, 4.69) is 0 Å². The Bertz CT molecular complexity index is 618. The highest BCUT2D eigenvalue weighted by molar-refractivity contribution is 5.88. The summed E-state index contributed by atoms with van der Waals surface area (Å²) in [5, 5.41) is 0. The highest BCUT2D eigenvalue weighted by atomic mass is 19.1. The summed E-state index contributed by atoms with van der Waals surface area (Å²) in [4.78, 5) is 11.0. The molecular formula is C15H12F2O. The zero-order chi connectivity index (χ0) is 13.3. The second-order valence-corrected chi connectivity index (χ2v) is 4.26. The van der Waals surface area contributed by atoms with Crippen molar-refractivity contribution in [3.63, 3.8) is 0 Å². The molecule has 0 fully saturated rings. The number of carbonyl (C=O) groups excluding carboxylic acids is 1. The van der Waals surface area contributed by atoms with Gasteiger partial charge in [0.25, 0.3) is 0 Å². The van der Waals surface area contributed by atoms with Gasteiger partial charge < -0.3 is 0 Å². The largest absolute Gasteiger partial charge is 0.298 e. The smallest absolute Gasteiger partial charge is 0.150 e. The lowest BCUT2D eigenvalue weighted by molar-refractivity contribution is 0.112. The zero-order valence-electron chi connectivity index (χ0n) is 10.1. The van der Waals surface area contributed by atoms with E-state index in [1.165, 1.54) is 12.1 Å². The highest BCUT2D eigenvalue weighted by Crippen LogP contribution is 2.30. The molecule has 0 bridgehead atoms. The molecular weight excluding hydrogens is 234 g/mol. The Labute approximate surface area is 104 Å². The van der Waals surface area contributed by atoms with E-state index in [-0.39, 0.29) is 11.1 Å². The molecule has 0 aromatic heterocycles. The van der Waals surface area contributed by atoms with Gasteiger partial charge >= 0.3 is 0 Å². The van der Waals surface area contributed by atoms with Gasteiger partial charge in [0.05, 0.1) is 5.56 Å². The maximum absolute atomic E-state index is 14.0. The molecule has 0 aliphatic heterocycles. The van der Waals surface area contributed by atoms with Crippen LogP contribution in [-0.2, 0) is 0 Å². The molecule has 92 valence electrons. The van der Waals surface area contributed by atoms with Gasteiger partial charge in [-0.1, -0.05) is 29.8 Å². The summed E-state index contributed by atoms with van der Waals surface area (Å²) in [6.07, 6.45) is 0.607. The van der Waals surface area contributed by atoms with Crippen molar-refractivity contribution < 1.29 is 13.6 Å². The summed E-state index contributed by atoms with van der Waals surface area (Å²) < 4.78 is 27.8. The number of carbonyl (C=O) groups is 1. The number of benzene rings is 2. The third-order valence-electron chi connectivity index (χ3n) is 2.89. The first-order chi connectivity index (χ1) is 8.54. The Morgan fingerprint density at radius 2 is 1.78 bits per heavy atom. The summed E-state index contributed by atoms with van der Waals surface area (Å²) in [6, 6.07) is 7.51. The van der Waals surface area contributed by atoms with Gasteiger partial charge in [0.1, 0.15) is 11.6 Å². The monoisotopic (exact) mass is 246 g/mol. The van der Waals surface area contributed by atoms with Crippen molar-refractivity contribution in [1.82, 2.24) is 0 Å². The van der Waals surface area contributed by atoms with Crippen LogP contribution in [0.4, 0.5) is 8.78 Å². The minimum Gasteiger partial charge on any atom is -0.298 e. The minimum atomic E-state index is -0.660. The van der Waals surface area contributed by atoms with Gasteiger partial charge in [-0.15, -0.1) is 0 Å². The van der Waals surface area contributed by atoms with Crippen LogP contribution in [0.3, 0.4) is 0 Å². The van der Waals surface area contributed by atoms with E-state index in [4.69, 9.17) is 0 Å². The lowest BCUT2D eigenvalue weighted by Gasteiger charge is -2.10. The molecule has 0 N–H and O–H groups in total. The molecule has 0 saturated heterocycles. The molecule has 0 radical (unpaired) electrons. The minimum absolute atomic E-state index is 0.138. The Morgan fingerprint density at radius 3 is 2.44 bits per heavy atom. The fourth-order valence-corrected chi connectivity index (χ4v) is 1.89. The predicted octanol–water partition coefficient (Wildman–Crippen LogP) is 4.06. The predicted molar refractivity (Wildman–Crippen MR) is 66.7 cm³/mol. The number of aldehydes is 1. The average molecular weight is 246 g/mol. The van der Waals surface area contributed by atoms with Gasteiger partial charge in [-0.25, -0.2) is 8.78 Å². The molecule has 2 aromatic carbocycles. The molecule has 0 spiro atoms. The summed E-state index contributed by atoms with van der Waals surface area (Å²) in [5.41, 5.74) is 1.63. The molecule has 18 heavy (non-hydrogen) atoms. The maximum Gasteiger partial charge on any atom is 0.150 e. The van der Waals surface area contributed by atoms with E-state index < -0.39 is 11.6 Å². The molecule has 0 saturated carbocycles. The summed E-state index contributed by atoms with van der Waals surface area (Å²) in [7, 11) is 0. The number of rotatable bonds is 2. The van der Waals surface area contributed by atoms with Crippen LogP contribution in [0.2, 0.25) is 0 Å². The summed E-state index contributed by atoms with van der Waals surface area (Å²) in [5.74, 6) is -1.28. The van der Waals surface area contributed by atoms with E-state index >= 15 is 0 Å². The van der Waals surface area contributed by atoms with Gasteiger partial charge in [-0.3, -0.25) is 4.79 Å². The Balaban J connectivity index is 2.80. The summed E-state index contributed by atoms with van der Waals surface area (Å²) in [6.45, 7) is 3.37. The topological polar surface area (TPSA) is 17.1 Å². The number of hydrogen-bond donors (Lipinski definition) is 0. The molecule has 0 heterocycles. The Morgan fingerprint density at radius 1 is 1.06 bits per heavy atom. The van der Waals surface area contributed by atoms with Gasteiger partial charge in [-0.05, 0) is 31.0 Å². The van der Waals surface area contributed by atoms with Crippen molar-refractivity contribution in [2.75, 3.05) is 0 Å². The van der Waals surface area contributed by atoms with Crippen LogP contribution in [0.5, 0.6) is 0 Å².